The molecule has 0 spiro atoms. The molecule has 1 fully saturated rings. The minimum atomic E-state index is 0.158. The second kappa shape index (κ2) is 5.25. The molecule has 96 valence electrons. The van der Waals surface area contributed by atoms with E-state index in [9.17, 15) is 0 Å². The molecule has 1 aliphatic heterocycles. The summed E-state index contributed by atoms with van der Waals surface area (Å²) in [7, 11) is 0. The minimum Gasteiger partial charge on any atom is -0.293 e. The van der Waals surface area contributed by atoms with Crippen LogP contribution in [0.5, 0.6) is 0 Å². The van der Waals surface area contributed by atoms with E-state index in [1.165, 1.54) is 30.1 Å². The van der Waals surface area contributed by atoms with Gasteiger partial charge in [0.25, 0.3) is 0 Å². The quantitative estimate of drug-likeness (QED) is 0.781. The summed E-state index contributed by atoms with van der Waals surface area (Å²) in [5.41, 5.74) is 1.37. The molecule has 1 aliphatic rings. The van der Waals surface area contributed by atoms with Gasteiger partial charge in [0.2, 0.25) is 0 Å². The summed E-state index contributed by atoms with van der Waals surface area (Å²) in [4.78, 5) is 7.22. The molecule has 1 atom stereocenters. The molecule has 17 heavy (non-hydrogen) atoms. The molecule has 1 aromatic heterocycles. The molecule has 0 saturated carbocycles. The highest BCUT2D eigenvalue weighted by Gasteiger charge is 2.25. The van der Waals surface area contributed by atoms with Crippen LogP contribution in [0.1, 0.15) is 44.3 Å². The number of likely N-dealkylation sites (tertiary alicyclic amines) is 1. The van der Waals surface area contributed by atoms with Gasteiger partial charge in [0.15, 0.2) is 0 Å². The van der Waals surface area contributed by atoms with Crippen LogP contribution in [0, 0.1) is 0 Å². The Labute approximate surface area is 113 Å². The third-order valence-electron chi connectivity index (χ3n) is 3.34. The van der Waals surface area contributed by atoms with Crippen LogP contribution in [-0.4, -0.2) is 28.4 Å². The lowest BCUT2D eigenvalue weighted by Crippen LogP contribution is -2.30. The lowest BCUT2D eigenvalue weighted by Gasteiger charge is -2.21. The summed E-state index contributed by atoms with van der Waals surface area (Å²) in [6.07, 6.45) is 2.51. The highest BCUT2D eigenvalue weighted by atomic mass is 35.5. The summed E-state index contributed by atoms with van der Waals surface area (Å²) in [5.74, 6) is 0.748. The van der Waals surface area contributed by atoms with Crippen LogP contribution in [0.4, 0.5) is 0 Å². The van der Waals surface area contributed by atoms with Gasteiger partial charge >= 0.3 is 0 Å². The Morgan fingerprint density at radius 2 is 2.29 bits per heavy atom. The first-order valence-corrected chi connectivity index (χ1v) is 7.67. The van der Waals surface area contributed by atoms with Gasteiger partial charge in [-0.15, -0.1) is 22.9 Å². The number of rotatable bonds is 3. The van der Waals surface area contributed by atoms with Gasteiger partial charge < -0.3 is 0 Å². The summed E-state index contributed by atoms with van der Waals surface area (Å²) < 4.78 is 0. The summed E-state index contributed by atoms with van der Waals surface area (Å²) in [6, 6.07) is 0.554. The molecular weight excluding hydrogens is 252 g/mol. The molecule has 4 heteroatoms. The molecule has 0 N–H and O–H groups in total. The van der Waals surface area contributed by atoms with Crippen molar-refractivity contribution in [2.75, 3.05) is 12.4 Å². The van der Waals surface area contributed by atoms with E-state index in [4.69, 9.17) is 16.6 Å². The number of aromatic nitrogens is 1. The Hall–Kier alpha value is -0.120. The third-order valence-corrected chi connectivity index (χ3v) is 4.53. The van der Waals surface area contributed by atoms with Gasteiger partial charge in [-0.05, 0) is 19.4 Å². The number of hydrogen-bond acceptors (Lipinski definition) is 3. The Balaban J connectivity index is 2.02. The Morgan fingerprint density at radius 3 is 2.88 bits per heavy atom. The normalized spacial score (nSPS) is 22.2. The molecule has 0 bridgehead atoms. The second-order valence-electron chi connectivity index (χ2n) is 5.80. The molecule has 0 amide bonds. The molecule has 1 unspecified atom stereocenters. The van der Waals surface area contributed by atoms with Gasteiger partial charge in [0.05, 0.1) is 12.2 Å². The maximum Gasteiger partial charge on any atom is 0.107 e. The van der Waals surface area contributed by atoms with Crippen molar-refractivity contribution in [1.29, 1.82) is 0 Å². The zero-order chi connectivity index (χ0) is 12.5. The molecule has 1 saturated heterocycles. The average Bonchev–Trinajstić information content (AvgIpc) is 2.86. The SMILES string of the molecule is CC(C)(C)c1csc(CN2CCCC2CCl)n1. The molecule has 0 aliphatic carbocycles. The van der Waals surface area contributed by atoms with Crippen LogP contribution in [0.3, 0.4) is 0 Å². The smallest absolute Gasteiger partial charge is 0.107 e. The Kier molecular flexibility index (Phi) is 4.11. The van der Waals surface area contributed by atoms with Crippen LogP contribution >= 0.6 is 22.9 Å². The first-order chi connectivity index (χ1) is 8.00. The monoisotopic (exact) mass is 272 g/mol. The van der Waals surface area contributed by atoms with Crippen LogP contribution in [0.25, 0.3) is 0 Å². The fraction of sp³-hybridized carbons (Fsp3) is 0.769. The first kappa shape index (κ1) is 13.3. The molecule has 2 nitrogen and oxygen atoms in total. The molecular formula is C13H21ClN2S. The van der Waals surface area contributed by atoms with Crippen LogP contribution in [-0.2, 0) is 12.0 Å². The first-order valence-electron chi connectivity index (χ1n) is 6.25. The zero-order valence-electron chi connectivity index (χ0n) is 10.9. The van der Waals surface area contributed by atoms with E-state index in [-0.39, 0.29) is 5.41 Å². The molecule has 2 rings (SSSR count). The van der Waals surface area contributed by atoms with Crippen molar-refractivity contribution in [2.45, 2.75) is 51.6 Å². The van der Waals surface area contributed by atoms with Crippen LogP contribution in [0.15, 0.2) is 5.38 Å². The second-order valence-corrected chi connectivity index (χ2v) is 7.05. The van der Waals surface area contributed by atoms with Gasteiger partial charge in [-0.2, -0.15) is 0 Å². The number of alkyl halides is 1. The van der Waals surface area contributed by atoms with E-state index in [0.717, 1.165) is 12.4 Å². The van der Waals surface area contributed by atoms with Gasteiger partial charge in [0.1, 0.15) is 5.01 Å². The minimum absolute atomic E-state index is 0.158. The maximum atomic E-state index is 5.99. The van der Waals surface area contributed by atoms with Gasteiger partial charge in [0, 0.05) is 22.7 Å². The lowest BCUT2D eigenvalue weighted by atomic mass is 9.93. The standard InChI is InChI=1S/C13H21ClN2S/c1-13(2,3)11-9-17-12(15-11)8-16-6-4-5-10(16)7-14/h9-10H,4-8H2,1-3H3. The van der Waals surface area contributed by atoms with Crippen molar-refractivity contribution in [2.24, 2.45) is 0 Å². The summed E-state index contributed by atoms with van der Waals surface area (Å²) >= 11 is 7.77. The van der Waals surface area contributed by atoms with Gasteiger partial charge in [-0.3, -0.25) is 4.90 Å². The number of nitrogens with zero attached hydrogens (tertiary/aromatic N) is 2. The summed E-state index contributed by atoms with van der Waals surface area (Å²) in [5, 5.41) is 3.42. The van der Waals surface area contributed by atoms with E-state index in [2.05, 4.69) is 31.1 Å². The predicted octanol–water partition coefficient (Wildman–Crippen LogP) is 3.64. The van der Waals surface area contributed by atoms with Crippen molar-refractivity contribution >= 4 is 22.9 Å². The van der Waals surface area contributed by atoms with Crippen molar-refractivity contribution < 1.29 is 0 Å². The lowest BCUT2D eigenvalue weighted by molar-refractivity contribution is 0.262. The van der Waals surface area contributed by atoms with Crippen molar-refractivity contribution in [3.8, 4) is 0 Å². The van der Waals surface area contributed by atoms with Crippen LogP contribution < -0.4 is 0 Å². The van der Waals surface area contributed by atoms with E-state index in [0.29, 0.717) is 6.04 Å². The molecule has 0 aromatic carbocycles. The zero-order valence-corrected chi connectivity index (χ0v) is 12.4. The number of hydrogen-bond donors (Lipinski definition) is 0. The van der Waals surface area contributed by atoms with Crippen molar-refractivity contribution in [3.05, 3.63) is 16.1 Å². The average molecular weight is 273 g/mol. The summed E-state index contributed by atoms with van der Waals surface area (Å²) in [6.45, 7) is 8.77. The number of thiazole rings is 1. The van der Waals surface area contributed by atoms with E-state index in [1.54, 1.807) is 11.3 Å². The largest absolute Gasteiger partial charge is 0.293 e. The fourth-order valence-electron chi connectivity index (χ4n) is 2.18. The van der Waals surface area contributed by atoms with E-state index in [1.807, 2.05) is 0 Å². The fourth-order valence-corrected chi connectivity index (χ4v) is 3.57. The van der Waals surface area contributed by atoms with Crippen molar-refractivity contribution in [1.82, 2.24) is 9.88 Å². The Morgan fingerprint density at radius 1 is 1.53 bits per heavy atom. The highest BCUT2D eigenvalue weighted by Crippen LogP contribution is 2.26. The third kappa shape index (κ3) is 3.21. The maximum absolute atomic E-state index is 5.99. The predicted molar refractivity (Wildman–Crippen MR) is 75.0 cm³/mol. The van der Waals surface area contributed by atoms with Crippen molar-refractivity contribution in [3.63, 3.8) is 0 Å². The Bertz CT molecular complexity index is 370. The van der Waals surface area contributed by atoms with Crippen LogP contribution in [0.2, 0.25) is 0 Å². The molecule has 0 radical (unpaired) electrons. The van der Waals surface area contributed by atoms with Gasteiger partial charge in [-0.25, -0.2) is 4.98 Å². The van der Waals surface area contributed by atoms with E-state index >= 15 is 0 Å². The molecule has 1 aromatic rings. The van der Waals surface area contributed by atoms with Gasteiger partial charge in [-0.1, -0.05) is 20.8 Å². The number of halogens is 1. The van der Waals surface area contributed by atoms with E-state index < -0.39 is 0 Å². The topological polar surface area (TPSA) is 16.1 Å². The highest BCUT2D eigenvalue weighted by molar-refractivity contribution is 7.09. The molecule has 2 heterocycles.